The zero-order valence-electron chi connectivity index (χ0n) is 14.0. The van der Waals surface area contributed by atoms with E-state index in [9.17, 15) is 4.79 Å². The summed E-state index contributed by atoms with van der Waals surface area (Å²) >= 11 is 0. The Hall–Kier alpha value is -2.43. The summed E-state index contributed by atoms with van der Waals surface area (Å²) in [5.74, 6) is 1.45. The van der Waals surface area contributed by atoms with Gasteiger partial charge in [0, 0.05) is 29.6 Å². The van der Waals surface area contributed by atoms with Gasteiger partial charge in [0.25, 0.3) is 0 Å². The van der Waals surface area contributed by atoms with Crippen molar-refractivity contribution < 1.29 is 4.79 Å². The van der Waals surface area contributed by atoms with Crippen LogP contribution in [-0.2, 0) is 0 Å². The predicted molar refractivity (Wildman–Crippen MR) is 94.5 cm³/mol. The molecule has 0 aliphatic carbocycles. The van der Waals surface area contributed by atoms with Crippen molar-refractivity contribution in [3.05, 3.63) is 41.6 Å². The van der Waals surface area contributed by atoms with E-state index in [0.29, 0.717) is 11.5 Å². The first-order chi connectivity index (χ1) is 11.1. The van der Waals surface area contributed by atoms with Crippen LogP contribution in [0.25, 0.3) is 0 Å². The van der Waals surface area contributed by atoms with E-state index < -0.39 is 0 Å². The van der Waals surface area contributed by atoms with Crippen LogP contribution in [-0.4, -0.2) is 22.3 Å². The van der Waals surface area contributed by atoms with E-state index in [1.807, 2.05) is 37.3 Å². The molecule has 5 heteroatoms. The summed E-state index contributed by atoms with van der Waals surface area (Å²) in [7, 11) is 0. The molecule has 5 nitrogen and oxygen atoms in total. The van der Waals surface area contributed by atoms with Crippen LogP contribution in [0, 0.1) is 6.92 Å². The molecule has 0 bridgehead atoms. The minimum Gasteiger partial charge on any atom is -0.354 e. The van der Waals surface area contributed by atoms with Crippen molar-refractivity contribution in [3.63, 3.8) is 0 Å². The fourth-order valence-electron chi connectivity index (χ4n) is 2.22. The number of ketones is 1. The molecule has 0 amide bonds. The van der Waals surface area contributed by atoms with Gasteiger partial charge < -0.3 is 10.6 Å². The third-order valence-corrected chi connectivity index (χ3v) is 3.48. The van der Waals surface area contributed by atoms with E-state index in [0.717, 1.165) is 30.2 Å². The quantitative estimate of drug-likeness (QED) is 0.561. The lowest BCUT2D eigenvalue weighted by Gasteiger charge is -2.10. The highest BCUT2D eigenvalue weighted by atomic mass is 16.1. The highest BCUT2D eigenvalue weighted by Crippen LogP contribution is 2.17. The molecule has 2 rings (SSSR count). The van der Waals surface area contributed by atoms with Crippen LogP contribution in [0.2, 0.25) is 0 Å². The molecule has 1 heterocycles. The molecular formula is C18H24N4O. The van der Waals surface area contributed by atoms with Crippen molar-refractivity contribution in [3.8, 4) is 0 Å². The number of nitrogens with one attached hydrogen (secondary N) is 2. The van der Waals surface area contributed by atoms with Crippen LogP contribution < -0.4 is 10.6 Å². The number of unbranched alkanes of at least 4 members (excludes halogenated alkanes) is 2. The van der Waals surface area contributed by atoms with E-state index >= 15 is 0 Å². The first kappa shape index (κ1) is 16.9. The number of aryl methyl sites for hydroxylation is 1. The monoisotopic (exact) mass is 312 g/mol. The highest BCUT2D eigenvalue weighted by molar-refractivity contribution is 5.94. The molecule has 0 saturated carbocycles. The van der Waals surface area contributed by atoms with Crippen LogP contribution in [0.5, 0.6) is 0 Å². The first-order valence-corrected chi connectivity index (χ1v) is 8.06. The average molecular weight is 312 g/mol. The zero-order valence-corrected chi connectivity index (χ0v) is 14.0. The molecule has 0 spiro atoms. The Bertz CT molecular complexity index is 653. The zero-order chi connectivity index (χ0) is 16.7. The minimum absolute atomic E-state index is 0.0630. The third-order valence-electron chi connectivity index (χ3n) is 3.48. The second-order valence-electron chi connectivity index (χ2n) is 5.61. The number of carbonyl (C=O) groups is 1. The van der Waals surface area contributed by atoms with Crippen molar-refractivity contribution in [1.82, 2.24) is 9.97 Å². The SMILES string of the molecule is CCCCCNc1nc(C)cc(Nc2ccc(C(C)=O)cc2)n1. The van der Waals surface area contributed by atoms with Crippen LogP contribution in [0.15, 0.2) is 30.3 Å². The number of Topliss-reactive ketones (excluding diaryl/α,β-unsaturated/α-hetero) is 1. The molecule has 0 radical (unpaired) electrons. The summed E-state index contributed by atoms with van der Waals surface area (Å²) in [6, 6.07) is 9.27. The van der Waals surface area contributed by atoms with Gasteiger partial charge in [-0.15, -0.1) is 0 Å². The van der Waals surface area contributed by atoms with Crippen molar-refractivity contribution >= 4 is 23.2 Å². The molecule has 0 saturated heterocycles. The number of benzene rings is 1. The average Bonchev–Trinajstić information content (AvgIpc) is 2.51. The normalized spacial score (nSPS) is 10.4. The highest BCUT2D eigenvalue weighted by Gasteiger charge is 2.04. The fourth-order valence-corrected chi connectivity index (χ4v) is 2.22. The lowest BCUT2D eigenvalue weighted by Crippen LogP contribution is -2.07. The Morgan fingerprint density at radius 1 is 1.13 bits per heavy atom. The summed E-state index contributed by atoms with van der Waals surface area (Å²) in [6.07, 6.45) is 3.51. The Morgan fingerprint density at radius 2 is 1.87 bits per heavy atom. The maximum atomic E-state index is 11.3. The molecule has 0 atom stereocenters. The van der Waals surface area contributed by atoms with Gasteiger partial charge >= 0.3 is 0 Å². The lowest BCUT2D eigenvalue weighted by atomic mass is 10.1. The van der Waals surface area contributed by atoms with E-state index in [-0.39, 0.29) is 5.78 Å². The third kappa shape index (κ3) is 5.36. The molecule has 1 aromatic heterocycles. The van der Waals surface area contributed by atoms with Crippen molar-refractivity contribution in [1.29, 1.82) is 0 Å². The van der Waals surface area contributed by atoms with Crippen LogP contribution >= 0.6 is 0 Å². The lowest BCUT2D eigenvalue weighted by molar-refractivity contribution is 0.101. The summed E-state index contributed by atoms with van der Waals surface area (Å²) < 4.78 is 0. The second-order valence-corrected chi connectivity index (χ2v) is 5.61. The number of carbonyl (C=O) groups excluding carboxylic acids is 1. The topological polar surface area (TPSA) is 66.9 Å². The Labute approximate surface area is 137 Å². The maximum Gasteiger partial charge on any atom is 0.224 e. The van der Waals surface area contributed by atoms with Gasteiger partial charge in [0.15, 0.2) is 5.78 Å². The molecule has 122 valence electrons. The molecule has 0 unspecified atom stereocenters. The standard InChI is InChI=1S/C18H24N4O/c1-4-5-6-11-19-18-20-13(2)12-17(22-18)21-16-9-7-15(8-10-16)14(3)23/h7-10,12H,4-6,11H2,1-3H3,(H2,19,20,21,22). The molecule has 23 heavy (non-hydrogen) atoms. The van der Waals surface area contributed by atoms with Crippen LogP contribution in [0.1, 0.15) is 49.2 Å². The maximum absolute atomic E-state index is 11.3. The first-order valence-electron chi connectivity index (χ1n) is 8.06. The summed E-state index contributed by atoms with van der Waals surface area (Å²) in [6.45, 7) is 6.57. The number of nitrogens with zero attached hydrogens (tertiary/aromatic N) is 2. The van der Waals surface area contributed by atoms with E-state index in [1.54, 1.807) is 6.92 Å². The largest absolute Gasteiger partial charge is 0.354 e. The molecule has 2 aromatic rings. The molecular weight excluding hydrogens is 288 g/mol. The Kier molecular flexibility index (Phi) is 6.09. The molecule has 0 fully saturated rings. The number of hydrogen-bond donors (Lipinski definition) is 2. The van der Waals surface area contributed by atoms with Gasteiger partial charge in [-0.1, -0.05) is 19.8 Å². The summed E-state index contributed by atoms with van der Waals surface area (Å²) in [5.41, 5.74) is 2.50. The van der Waals surface area contributed by atoms with Crippen molar-refractivity contribution in [2.75, 3.05) is 17.2 Å². The molecule has 1 aromatic carbocycles. The van der Waals surface area contributed by atoms with E-state index in [2.05, 4.69) is 27.5 Å². The second kappa shape index (κ2) is 8.27. The smallest absolute Gasteiger partial charge is 0.224 e. The summed E-state index contributed by atoms with van der Waals surface area (Å²) in [4.78, 5) is 20.2. The van der Waals surface area contributed by atoms with Gasteiger partial charge in [-0.3, -0.25) is 4.79 Å². The predicted octanol–water partition coefficient (Wildman–Crippen LogP) is 4.33. The minimum atomic E-state index is 0.0630. The van der Waals surface area contributed by atoms with Gasteiger partial charge in [-0.25, -0.2) is 4.98 Å². The van der Waals surface area contributed by atoms with Crippen LogP contribution in [0.4, 0.5) is 17.5 Å². The Morgan fingerprint density at radius 3 is 2.52 bits per heavy atom. The molecule has 0 aliphatic rings. The number of rotatable bonds is 8. The van der Waals surface area contributed by atoms with Gasteiger partial charge in [0.1, 0.15) is 5.82 Å². The van der Waals surface area contributed by atoms with Gasteiger partial charge in [0.2, 0.25) is 5.95 Å². The van der Waals surface area contributed by atoms with E-state index in [1.165, 1.54) is 12.8 Å². The van der Waals surface area contributed by atoms with Crippen LogP contribution in [0.3, 0.4) is 0 Å². The molecule has 0 aliphatic heterocycles. The van der Waals surface area contributed by atoms with Gasteiger partial charge in [0.05, 0.1) is 0 Å². The van der Waals surface area contributed by atoms with Gasteiger partial charge in [-0.2, -0.15) is 4.98 Å². The molecule has 2 N–H and O–H groups in total. The van der Waals surface area contributed by atoms with Crippen molar-refractivity contribution in [2.24, 2.45) is 0 Å². The van der Waals surface area contributed by atoms with E-state index in [4.69, 9.17) is 0 Å². The van der Waals surface area contributed by atoms with Crippen molar-refractivity contribution in [2.45, 2.75) is 40.0 Å². The summed E-state index contributed by atoms with van der Waals surface area (Å²) in [5, 5.41) is 6.51. The number of aromatic nitrogens is 2. The van der Waals surface area contributed by atoms with Gasteiger partial charge in [-0.05, 0) is 44.5 Å². The number of anilines is 3. The fraction of sp³-hybridized carbons (Fsp3) is 0.389. The number of hydrogen-bond acceptors (Lipinski definition) is 5. The Balaban J connectivity index is 2.04.